The number of carbonyl (C=O) groups is 1. The molecular formula is C18H24N6O. The van der Waals surface area contributed by atoms with Crippen molar-refractivity contribution in [3.8, 4) is 0 Å². The van der Waals surface area contributed by atoms with E-state index in [4.69, 9.17) is 10.7 Å². The summed E-state index contributed by atoms with van der Waals surface area (Å²) in [6, 6.07) is 3.66. The predicted molar refractivity (Wildman–Crippen MR) is 98.5 cm³/mol. The Hall–Kier alpha value is -2.70. The van der Waals surface area contributed by atoms with Gasteiger partial charge in [0.25, 0.3) is 0 Å². The summed E-state index contributed by atoms with van der Waals surface area (Å²) < 4.78 is 0. The third kappa shape index (κ3) is 3.14. The van der Waals surface area contributed by atoms with Crippen LogP contribution in [0.15, 0.2) is 18.3 Å². The number of fused-ring (bicyclic) bond motifs is 1. The molecule has 3 N–H and O–H groups in total. The van der Waals surface area contributed by atoms with Gasteiger partial charge in [0.05, 0.1) is 18.3 Å². The van der Waals surface area contributed by atoms with Crippen molar-refractivity contribution in [1.29, 1.82) is 0 Å². The Morgan fingerprint density at radius 2 is 2.08 bits per heavy atom. The molecule has 25 heavy (non-hydrogen) atoms. The largest absolute Gasteiger partial charge is 0.383 e. The van der Waals surface area contributed by atoms with E-state index in [2.05, 4.69) is 29.1 Å². The van der Waals surface area contributed by atoms with Gasteiger partial charge in [0, 0.05) is 17.7 Å². The number of hydrogen-bond acceptors (Lipinski definition) is 6. The highest BCUT2D eigenvalue weighted by Gasteiger charge is 2.31. The molecule has 0 saturated carbocycles. The Morgan fingerprint density at radius 3 is 2.72 bits per heavy atom. The van der Waals surface area contributed by atoms with Gasteiger partial charge in [0.2, 0.25) is 5.91 Å². The number of anilines is 3. The summed E-state index contributed by atoms with van der Waals surface area (Å²) in [6.45, 7) is 8.39. The number of aromatic nitrogens is 3. The first kappa shape index (κ1) is 17.1. The van der Waals surface area contributed by atoms with Crippen LogP contribution in [0, 0.1) is 0 Å². The van der Waals surface area contributed by atoms with Crippen LogP contribution in [0.1, 0.15) is 56.7 Å². The minimum absolute atomic E-state index is 0.0718. The zero-order valence-electron chi connectivity index (χ0n) is 15.1. The molecule has 0 aliphatic carbocycles. The quantitative estimate of drug-likeness (QED) is 0.888. The van der Waals surface area contributed by atoms with Crippen LogP contribution < -0.4 is 16.0 Å². The lowest BCUT2D eigenvalue weighted by Gasteiger charge is -2.36. The molecule has 3 heterocycles. The lowest BCUT2D eigenvalue weighted by molar-refractivity contribution is -0.115. The molecule has 0 radical (unpaired) electrons. The van der Waals surface area contributed by atoms with E-state index in [-0.39, 0.29) is 24.4 Å². The van der Waals surface area contributed by atoms with E-state index in [1.54, 1.807) is 6.20 Å². The summed E-state index contributed by atoms with van der Waals surface area (Å²) in [5, 5.41) is 2.94. The second-order valence-corrected chi connectivity index (χ2v) is 6.57. The van der Waals surface area contributed by atoms with Gasteiger partial charge in [0.15, 0.2) is 5.82 Å². The summed E-state index contributed by atoms with van der Waals surface area (Å²) in [4.78, 5) is 27.8. The van der Waals surface area contributed by atoms with Crippen molar-refractivity contribution in [2.45, 2.75) is 46.1 Å². The first-order valence-electron chi connectivity index (χ1n) is 8.60. The van der Waals surface area contributed by atoms with Crippen LogP contribution in [0.25, 0.3) is 0 Å². The zero-order chi connectivity index (χ0) is 18.1. The number of rotatable bonds is 4. The molecule has 0 saturated heterocycles. The second-order valence-electron chi connectivity index (χ2n) is 6.57. The number of nitrogens with two attached hydrogens (primary N) is 1. The van der Waals surface area contributed by atoms with E-state index in [0.717, 1.165) is 29.3 Å². The molecule has 1 amide bonds. The summed E-state index contributed by atoms with van der Waals surface area (Å²) in [6.07, 6.45) is 2.39. The zero-order valence-corrected chi connectivity index (χ0v) is 15.1. The maximum Gasteiger partial charge on any atom is 0.244 e. The minimum Gasteiger partial charge on any atom is -0.383 e. The molecular weight excluding hydrogens is 316 g/mol. The molecule has 7 heteroatoms. The lowest BCUT2D eigenvalue weighted by Crippen LogP contribution is -2.41. The van der Waals surface area contributed by atoms with Crippen molar-refractivity contribution < 1.29 is 4.79 Å². The monoisotopic (exact) mass is 340 g/mol. The van der Waals surface area contributed by atoms with Crippen LogP contribution >= 0.6 is 0 Å². The number of pyridine rings is 1. The highest BCUT2D eigenvalue weighted by molar-refractivity contribution is 6.01. The highest BCUT2D eigenvalue weighted by Crippen LogP contribution is 2.37. The maximum absolute atomic E-state index is 12.3. The Morgan fingerprint density at radius 1 is 1.32 bits per heavy atom. The summed E-state index contributed by atoms with van der Waals surface area (Å²) >= 11 is 0. The molecule has 1 unspecified atom stereocenters. The van der Waals surface area contributed by atoms with Gasteiger partial charge in [-0.15, -0.1) is 0 Å². The van der Waals surface area contributed by atoms with Crippen LogP contribution in [0.4, 0.5) is 17.3 Å². The molecule has 0 bridgehead atoms. The van der Waals surface area contributed by atoms with E-state index in [1.165, 1.54) is 0 Å². The molecule has 1 aliphatic rings. The summed E-state index contributed by atoms with van der Waals surface area (Å²) in [5.74, 6) is 2.14. The molecule has 1 atom stereocenters. The third-order valence-electron chi connectivity index (χ3n) is 4.47. The van der Waals surface area contributed by atoms with Crippen molar-refractivity contribution in [2.75, 3.05) is 22.5 Å². The van der Waals surface area contributed by atoms with Crippen LogP contribution in [0.5, 0.6) is 0 Å². The summed E-state index contributed by atoms with van der Waals surface area (Å²) in [5.41, 5.74) is 8.49. The Labute approximate surface area is 147 Å². The molecule has 132 valence electrons. The highest BCUT2D eigenvalue weighted by atomic mass is 16.2. The number of carbonyl (C=O) groups excluding carboxylic acids is 1. The molecule has 1 aliphatic heterocycles. The molecule has 0 spiro atoms. The normalized spacial score (nSPS) is 15.1. The van der Waals surface area contributed by atoms with Crippen molar-refractivity contribution in [1.82, 2.24) is 15.0 Å². The van der Waals surface area contributed by atoms with Crippen LogP contribution in [-0.4, -0.2) is 27.4 Å². The van der Waals surface area contributed by atoms with Gasteiger partial charge in [-0.25, -0.2) is 15.0 Å². The topological polar surface area (TPSA) is 97.0 Å². The van der Waals surface area contributed by atoms with Gasteiger partial charge in [0.1, 0.15) is 17.3 Å². The SMILES string of the molecule is CCc1nc(C(C)C)nc2c1NC(=O)CN2C(C)c1cccnc1N. The average molecular weight is 340 g/mol. The van der Waals surface area contributed by atoms with Crippen LogP contribution in [-0.2, 0) is 11.2 Å². The molecule has 7 nitrogen and oxygen atoms in total. The Balaban J connectivity index is 2.13. The smallest absolute Gasteiger partial charge is 0.244 e. The predicted octanol–water partition coefficient (Wildman–Crippen LogP) is 2.66. The number of hydrogen-bond donors (Lipinski definition) is 2. The standard InChI is InChI=1S/C18H24N6O/c1-5-13-15-18(23-17(21-13)10(2)3)24(9-14(25)22-15)11(4)12-7-6-8-20-16(12)19/h6-8,10-11H,5,9H2,1-4H3,(H2,19,20)(H,22,25). The first-order chi connectivity index (χ1) is 11.9. The molecule has 2 aromatic rings. The van der Waals surface area contributed by atoms with Gasteiger partial charge in [-0.05, 0) is 19.4 Å². The number of aryl methyl sites for hydroxylation is 1. The van der Waals surface area contributed by atoms with Crippen molar-refractivity contribution in [3.05, 3.63) is 35.4 Å². The van der Waals surface area contributed by atoms with Gasteiger partial charge in [-0.1, -0.05) is 26.8 Å². The van der Waals surface area contributed by atoms with E-state index >= 15 is 0 Å². The Kier molecular flexibility index (Phi) is 4.57. The van der Waals surface area contributed by atoms with Crippen molar-refractivity contribution in [3.63, 3.8) is 0 Å². The number of amides is 1. The summed E-state index contributed by atoms with van der Waals surface area (Å²) in [7, 11) is 0. The van der Waals surface area contributed by atoms with E-state index < -0.39 is 0 Å². The third-order valence-corrected chi connectivity index (χ3v) is 4.47. The second kappa shape index (κ2) is 6.66. The maximum atomic E-state index is 12.3. The Bertz CT molecular complexity index is 804. The lowest BCUT2D eigenvalue weighted by atomic mass is 10.1. The van der Waals surface area contributed by atoms with E-state index in [9.17, 15) is 4.79 Å². The van der Waals surface area contributed by atoms with Gasteiger partial charge < -0.3 is 16.0 Å². The van der Waals surface area contributed by atoms with Crippen molar-refractivity contribution in [2.24, 2.45) is 0 Å². The fraction of sp³-hybridized carbons (Fsp3) is 0.444. The average Bonchev–Trinajstić information content (AvgIpc) is 2.59. The van der Waals surface area contributed by atoms with E-state index in [1.807, 2.05) is 30.9 Å². The van der Waals surface area contributed by atoms with Gasteiger partial charge in [-0.3, -0.25) is 4.79 Å². The van der Waals surface area contributed by atoms with Gasteiger partial charge in [-0.2, -0.15) is 0 Å². The first-order valence-corrected chi connectivity index (χ1v) is 8.60. The molecule has 2 aromatic heterocycles. The number of nitrogens with zero attached hydrogens (tertiary/aromatic N) is 4. The van der Waals surface area contributed by atoms with Crippen LogP contribution in [0.3, 0.4) is 0 Å². The number of nitrogens with one attached hydrogen (secondary N) is 1. The van der Waals surface area contributed by atoms with Gasteiger partial charge >= 0.3 is 0 Å². The minimum atomic E-state index is -0.127. The van der Waals surface area contributed by atoms with E-state index in [0.29, 0.717) is 11.5 Å². The number of nitrogen functional groups attached to an aromatic ring is 1. The fourth-order valence-corrected chi connectivity index (χ4v) is 3.04. The van der Waals surface area contributed by atoms with Crippen LogP contribution in [0.2, 0.25) is 0 Å². The fourth-order valence-electron chi connectivity index (χ4n) is 3.04. The van der Waals surface area contributed by atoms with Crippen molar-refractivity contribution >= 4 is 23.2 Å². The molecule has 0 aromatic carbocycles. The molecule has 3 rings (SSSR count). The molecule has 0 fully saturated rings.